The molecule has 0 aliphatic carbocycles. The van der Waals surface area contributed by atoms with Gasteiger partial charge >= 0.3 is 0 Å². The topological polar surface area (TPSA) is 69.0 Å². The Morgan fingerprint density at radius 2 is 2.03 bits per heavy atom. The number of fused-ring (bicyclic) bond motifs is 1. The van der Waals surface area contributed by atoms with Crippen LogP contribution in [0.5, 0.6) is 5.88 Å². The largest absolute Gasteiger partial charge is 0.464 e. The van der Waals surface area contributed by atoms with Crippen LogP contribution in [-0.4, -0.2) is 26.8 Å². The van der Waals surface area contributed by atoms with Gasteiger partial charge in [-0.05, 0) is 36.4 Å². The molecule has 0 aliphatic rings. The average Bonchev–Trinajstić information content (AvgIpc) is 3.34. The van der Waals surface area contributed by atoms with Crippen LogP contribution >= 0.6 is 11.3 Å². The molecule has 0 fully saturated rings. The molecular weight excluding hydrogens is 384 g/mol. The second kappa shape index (κ2) is 8.05. The van der Waals surface area contributed by atoms with Gasteiger partial charge < -0.3 is 10.1 Å². The molecule has 1 amide bonds. The van der Waals surface area contributed by atoms with Crippen molar-refractivity contribution in [1.29, 1.82) is 0 Å². The van der Waals surface area contributed by atoms with Gasteiger partial charge in [-0.3, -0.25) is 9.48 Å². The number of hydrogen-bond donors (Lipinski definition) is 1. The highest BCUT2D eigenvalue weighted by molar-refractivity contribution is 7.09. The lowest BCUT2D eigenvalue weighted by atomic mass is 10.0. The van der Waals surface area contributed by atoms with Gasteiger partial charge in [0.1, 0.15) is 0 Å². The third kappa shape index (κ3) is 4.00. The molecule has 6 nitrogen and oxygen atoms in total. The quantitative estimate of drug-likeness (QED) is 0.524. The summed E-state index contributed by atoms with van der Waals surface area (Å²) in [7, 11) is 1.86. The molecule has 0 spiro atoms. The van der Waals surface area contributed by atoms with Gasteiger partial charge in [-0.2, -0.15) is 10.1 Å². The Labute approximate surface area is 173 Å². The van der Waals surface area contributed by atoms with Gasteiger partial charge in [0.2, 0.25) is 5.88 Å². The monoisotopic (exact) mass is 406 g/mol. The summed E-state index contributed by atoms with van der Waals surface area (Å²) in [5.74, 6) is 0.223. The molecule has 0 bridgehead atoms. The van der Waals surface area contributed by atoms with E-state index < -0.39 is 6.10 Å². The van der Waals surface area contributed by atoms with Crippen molar-refractivity contribution in [2.24, 2.45) is 7.05 Å². The predicted octanol–water partition coefficient (Wildman–Crippen LogP) is 4.09. The Bertz CT molecular complexity index is 1140. The molecule has 0 saturated heterocycles. The molecule has 0 saturated carbocycles. The summed E-state index contributed by atoms with van der Waals surface area (Å²) < 4.78 is 7.66. The molecule has 0 unspecified atom stereocenters. The fraction of sp³-hybridized carbons (Fsp3) is 0.227. The molecule has 4 rings (SSSR count). The van der Waals surface area contributed by atoms with Crippen molar-refractivity contribution in [2.45, 2.75) is 26.5 Å². The average molecular weight is 407 g/mol. The standard InChI is InChI=1S/C22H22N4O2S/c1-14-20-18(16-8-5-4-6-9-16)12-19(24-21(20)26(3)25-14)28-15(2)22(27)23-13-17-10-7-11-29-17/h4-12,15H,13H2,1-3H3,(H,23,27)/t15-/m0/s1. The normalized spacial score (nSPS) is 12.1. The van der Waals surface area contributed by atoms with Crippen molar-refractivity contribution in [3.8, 4) is 17.0 Å². The van der Waals surface area contributed by atoms with Gasteiger partial charge in [-0.25, -0.2) is 0 Å². The molecule has 1 aromatic carbocycles. The number of benzene rings is 1. The molecule has 7 heteroatoms. The lowest BCUT2D eigenvalue weighted by Crippen LogP contribution is -2.35. The number of pyridine rings is 1. The van der Waals surface area contributed by atoms with Gasteiger partial charge in [0.05, 0.1) is 17.6 Å². The highest BCUT2D eigenvalue weighted by Crippen LogP contribution is 2.33. The van der Waals surface area contributed by atoms with Crippen LogP contribution in [-0.2, 0) is 18.4 Å². The van der Waals surface area contributed by atoms with Crippen LogP contribution < -0.4 is 10.1 Å². The molecule has 4 aromatic rings. The fourth-order valence-electron chi connectivity index (χ4n) is 3.29. The molecule has 1 atom stereocenters. The molecule has 148 valence electrons. The van der Waals surface area contributed by atoms with Gasteiger partial charge in [0.25, 0.3) is 5.91 Å². The van der Waals surface area contributed by atoms with E-state index in [1.54, 1.807) is 22.9 Å². The molecule has 0 aliphatic heterocycles. The number of carbonyl (C=O) groups excluding carboxylic acids is 1. The summed E-state index contributed by atoms with van der Waals surface area (Å²) >= 11 is 1.61. The van der Waals surface area contributed by atoms with Crippen LogP contribution in [0.4, 0.5) is 0 Å². The highest BCUT2D eigenvalue weighted by Gasteiger charge is 2.19. The first-order valence-electron chi connectivity index (χ1n) is 9.39. The van der Waals surface area contributed by atoms with E-state index in [9.17, 15) is 4.79 Å². The number of nitrogens with one attached hydrogen (secondary N) is 1. The first-order valence-corrected chi connectivity index (χ1v) is 10.3. The summed E-state index contributed by atoms with van der Waals surface area (Å²) in [4.78, 5) is 18.2. The van der Waals surface area contributed by atoms with E-state index in [2.05, 4.69) is 15.4 Å². The van der Waals surface area contributed by atoms with Gasteiger partial charge in [0.15, 0.2) is 11.8 Å². The summed E-state index contributed by atoms with van der Waals surface area (Å²) in [5, 5.41) is 10.4. The Kier molecular flexibility index (Phi) is 5.31. The van der Waals surface area contributed by atoms with Crippen molar-refractivity contribution in [2.75, 3.05) is 0 Å². The number of hydrogen-bond acceptors (Lipinski definition) is 5. The van der Waals surface area contributed by atoms with E-state index in [0.29, 0.717) is 12.4 Å². The minimum absolute atomic E-state index is 0.178. The highest BCUT2D eigenvalue weighted by atomic mass is 32.1. The van der Waals surface area contributed by atoms with Gasteiger partial charge in [-0.15, -0.1) is 11.3 Å². The molecule has 0 radical (unpaired) electrons. The first-order chi connectivity index (χ1) is 14.0. The SMILES string of the molecule is Cc1nn(C)c2nc(O[C@@H](C)C(=O)NCc3cccs3)cc(-c3ccccc3)c12. The lowest BCUT2D eigenvalue weighted by Gasteiger charge is -2.15. The second-order valence-corrected chi connectivity index (χ2v) is 7.87. The molecule has 3 heterocycles. The van der Waals surface area contributed by atoms with E-state index in [1.807, 2.05) is 67.9 Å². The molecular formula is C22H22N4O2S. The van der Waals surface area contributed by atoms with Crippen molar-refractivity contribution in [1.82, 2.24) is 20.1 Å². The number of aromatic nitrogens is 3. The number of nitrogens with zero attached hydrogens (tertiary/aromatic N) is 3. The van der Waals surface area contributed by atoms with E-state index >= 15 is 0 Å². The van der Waals surface area contributed by atoms with Crippen molar-refractivity contribution in [3.05, 3.63) is 64.5 Å². The van der Waals surface area contributed by atoms with Gasteiger partial charge in [-0.1, -0.05) is 36.4 Å². The maximum atomic E-state index is 12.5. The van der Waals surface area contributed by atoms with Crippen molar-refractivity contribution >= 4 is 28.3 Å². The number of ether oxygens (including phenoxy) is 1. The zero-order chi connectivity index (χ0) is 20.4. The van der Waals surface area contributed by atoms with Crippen LogP contribution in [0.25, 0.3) is 22.2 Å². The fourth-order valence-corrected chi connectivity index (χ4v) is 3.94. The molecule has 29 heavy (non-hydrogen) atoms. The lowest BCUT2D eigenvalue weighted by molar-refractivity contribution is -0.127. The maximum absolute atomic E-state index is 12.5. The number of carbonyl (C=O) groups is 1. The Morgan fingerprint density at radius 3 is 2.76 bits per heavy atom. The summed E-state index contributed by atoms with van der Waals surface area (Å²) in [5.41, 5.74) is 3.67. The third-order valence-electron chi connectivity index (χ3n) is 4.71. The summed E-state index contributed by atoms with van der Waals surface area (Å²) in [6, 6.07) is 15.9. The van der Waals surface area contributed by atoms with Crippen molar-refractivity contribution in [3.63, 3.8) is 0 Å². The predicted molar refractivity (Wildman–Crippen MR) is 115 cm³/mol. The molecule has 1 N–H and O–H groups in total. The summed E-state index contributed by atoms with van der Waals surface area (Å²) in [6.45, 7) is 4.19. The zero-order valence-electron chi connectivity index (χ0n) is 16.5. The van der Waals surface area contributed by atoms with E-state index in [1.165, 1.54) is 0 Å². The van der Waals surface area contributed by atoms with Crippen LogP contribution in [0.1, 0.15) is 17.5 Å². The smallest absolute Gasteiger partial charge is 0.261 e. The van der Waals surface area contributed by atoms with E-state index in [4.69, 9.17) is 4.74 Å². The Balaban J connectivity index is 1.62. The minimum Gasteiger partial charge on any atom is -0.464 e. The first kappa shape index (κ1) is 19.1. The Hall–Kier alpha value is -3.19. The zero-order valence-corrected chi connectivity index (χ0v) is 17.4. The number of amides is 1. The van der Waals surface area contributed by atoms with Crippen LogP contribution in [0, 0.1) is 6.92 Å². The number of thiophene rings is 1. The number of aryl methyl sites for hydroxylation is 2. The Morgan fingerprint density at radius 1 is 1.24 bits per heavy atom. The van der Waals surface area contributed by atoms with Crippen LogP contribution in [0.3, 0.4) is 0 Å². The van der Waals surface area contributed by atoms with E-state index in [0.717, 1.165) is 32.7 Å². The van der Waals surface area contributed by atoms with Crippen molar-refractivity contribution < 1.29 is 9.53 Å². The summed E-state index contributed by atoms with van der Waals surface area (Å²) in [6.07, 6.45) is -0.669. The second-order valence-electron chi connectivity index (χ2n) is 6.84. The minimum atomic E-state index is -0.669. The maximum Gasteiger partial charge on any atom is 0.261 e. The van der Waals surface area contributed by atoms with Gasteiger partial charge in [0, 0.05) is 18.0 Å². The van der Waals surface area contributed by atoms with Crippen LogP contribution in [0.15, 0.2) is 53.9 Å². The van der Waals surface area contributed by atoms with E-state index in [-0.39, 0.29) is 5.91 Å². The molecule has 3 aromatic heterocycles. The number of rotatable bonds is 6. The third-order valence-corrected chi connectivity index (χ3v) is 5.59. The van der Waals surface area contributed by atoms with Crippen LogP contribution in [0.2, 0.25) is 0 Å².